The second-order valence-electron chi connectivity index (χ2n) is 12.8. The molecule has 0 radical (unpaired) electrons. The van der Waals surface area contributed by atoms with Crippen LogP contribution in [-0.2, 0) is 5.41 Å². The third-order valence-corrected chi connectivity index (χ3v) is 8.78. The molecular formula is C39H34N6O. The number of rotatable bonds is 5. The molecule has 7 heteroatoms. The monoisotopic (exact) mass is 602 g/mol. The molecule has 7 aromatic rings. The van der Waals surface area contributed by atoms with Gasteiger partial charge in [0.1, 0.15) is 11.6 Å². The minimum Gasteiger partial charge on any atom is -0.439 e. The predicted molar refractivity (Wildman–Crippen MR) is 187 cm³/mol. The molecule has 0 N–H and O–H groups in total. The molecule has 0 spiro atoms. The Hall–Kier alpha value is -5.69. The molecule has 0 unspecified atom stereocenters. The number of fused-ring (bicyclic) bond motifs is 4. The average molecular weight is 603 g/mol. The van der Waals surface area contributed by atoms with Gasteiger partial charge in [-0.15, -0.1) is 0 Å². The van der Waals surface area contributed by atoms with Crippen LogP contribution in [0.1, 0.15) is 26.3 Å². The largest absolute Gasteiger partial charge is 0.439 e. The third-order valence-electron chi connectivity index (χ3n) is 8.78. The van der Waals surface area contributed by atoms with Crippen molar-refractivity contribution < 1.29 is 4.74 Å². The number of nitrogens with zero attached hydrogens (tertiary/aromatic N) is 6. The second kappa shape index (κ2) is 10.7. The Labute approximate surface area is 268 Å². The average Bonchev–Trinajstić information content (AvgIpc) is 3.59. The maximum absolute atomic E-state index is 6.47. The van der Waals surface area contributed by atoms with E-state index in [0.29, 0.717) is 11.6 Å². The highest BCUT2D eigenvalue weighted by Gasteiger charge is 2.24. The summed E-state index contributed by atoms with van der Waals surface area (Å²) in [5, 5.41) is 2.27. The van der Waals surface area contributed by atoms with Gasteiger partial charge in [-0.05, 0) is 88.8 Å². The van der Waals surface area contributed by atoms with E-state index >= 15 is 0 Å². The maximum Gasteiger partial charge on any atom is 0.221 e. The highest BCUT2D eigenvalue weighted by Crippen LogP contribution is 2.41. The summed E-state index contributed by atoms with van der Waals surface area (Å²) in [6.45, 7) is 7.44. The number of anilines is 3. The molecule has 0 saturated carbocycles. The molecule has 46 heavy (non-hydrogen) atoms. The van der Waals surface area contributed by atoms with Crippen LogP contribution in [0.15, 0.2) is 122 Å². The Morgan fingerprint density at radius 2 is 1.48 bits per heavy atom. The van der Waals surface area contributed by atoms with Gasteiger partial charge >= 0.3 is 0 Å². The van der Waals surface area contributed by atoms with Crippen molar-refractivity contribution in [3.05, 3.63) is 127 Å². The minimum absolute atomic E-state index is 0.0133. The lowest BCUT2D eigenvalue weighted by Crippen LogP contribution is -2.23. The molecule has 7 nitrogen and oxygen atoms in total. The Balaban J connectivity index is 1.24. The van der Waals surface area contributed by atoms with Crippen molar-refractivity contribution >= 4 is 38.9 Å². The Kier molecular flexibility index (Phi) is 6.49. The quantitative estimate of drug-likeness (QED) is 0.196. The van der Waals surface area contributed by atoms with E-state index in [4.69, 9.17) is 9.72 Å². The first kappa shape index (κ1) is 27.8. The van der Waals surface area contributed by atoms with Gasteiger partial charge < -0.3 is 14.5 Å². The van der Waals surface area contributed by atoms with Crippen molar-refractivity contribution in [2.24, 2.45) is 0 Å². The van der Waals surface area contributed by atoms with Gasteiger partial charge in [0.2, 0.25) is 5.88 Å². The fourth-order valence-electron chi connectivity index (χ4n) is 6.39. The van der Waals surface area contributed by atoms with E-state index in [1.807, 2.05) is 55.1 Å². The molecule has 4 aromatic heterocycles. The molecule has 0 atom stereocenters. The first-order valence-corrected chi connectivity index (χ1v) is 15.5. The van der Waals surface area contributed by atoms with E-state index in [-0.39, 0.29) is 5.41 Å². The van der Waals surface area contributed by atoms with E-state index in [9.17, 15) is 0 Å². The zero-order chi connectivity index (χ0) is 31.4. The molecule has 0 fully saturated rings. The van der Waals surface area contributed by atoms with E-state index in [2.05, 4.69) is 119 Å². The van der Waals surface area contributed by atoms with Crippen molar-refractivity contribution in [2.75, 3.05) is 23.5 Å². The van der Waals surface area contributed by atoms with Crippen LogP contribution in [-0.4, -0.2) is 33.2 Å². The summed E-state index contributed by atoms with van der Waals surface area (Å²) in [6, 6.07) is 33.7. The van der Waals surface area contributed by atoms with E-state index in [1.165, 1.54) is 16.9 Å². The molecule has 5 heterocycles. The smallest absolute Gasteiger partial charge is 0.221 e. The molecule has 3 aromatic carbocycles. The summed E-state index contributed by atoms with van der Waals surface area (Å²) in [5.41, 5.74) is 8.99. The summed E-state index contributed by atoms with van der Waals surface area (Å²) < 4.78 is 8.71. The summed E-state index contributed by atoms with van der Waals surface area (Å²) in [6.07, 6.45) is 7.38. The van der Waals surface area contributed by atoms with Crippen LogP contribution < -0.4 is 14.5 Å². The van der Waals surface area contributed by atoms with Crippen LogP contribution in [0.5, 0.6) is 11.6 Å². The first-order chi connectivity index (χ1) is 22.3. The van der Waals surface area contributed by atoms with Crippen LogP contribution in [0.25, 0.3) is 38.8 Å². The molecule has 0 saturated heterocycles. The minimum atomic E-state index is -0.0133. The number of ether oxygens (including phenoxy) is 1. The summed E-state index contributed by atoms with van der Waals surface area (Å²) in [4.78, 5) is 18.2. The van der Waals surface area contributed by atoms with Crippen LogP contribution >= 0.6 is 0 Å². The van der Waals surface area contributed by atoms with Crippen molar-refractivity contribution in [1.29, 1.82) is 0 Å². The van der Waals surface area contributed by atoms with Gasteiger partial charge in [0, 0.05) is 60.4 Å². The number of hydrogen-bond donors (Lipinski definition) is 0. The summed E-state index contributed by atoms with van der Waals surface area (Å²) in [7, 11) is 2.11. The molecule has 0 aliphatic carbocycles. The van der Waals surface area contributed by atoms with Gasteiger partial charge in [0.05, 0.1) is 29.1 Å². The van der Waals surface area contributed by atoms with Crippen LogP contribution in [0.2, 0.25) is 0 Å². The van der Waals surface area contributed by atoms with Gasteiger partial charge in [-0.3, -0.25) is 9.55 Å². The fraction of sp³-hybridized carbons (Fsp3) is 0.154. The van der Waals surface area contributed by atoms with E-state index in [1.54, 1.807) is 0 Å². The number of pyridine rings is 3. The number of benzene rings is 3. The fourth-order valence-corrected chi connectivity index (χ4v) is 6.39. The number of hydrogen-bond acceptors (Lipinski definition) is 6. The molecule has 1 aliphatic heterocycles. The number of para-hydroxylation sites is 2. The topological polar surface area (TPSA) is 59.3 Å². The Bertz CT molecular complexity index is 2230. The van der Waals surface area contributed by atoms with Crippen LogP contribution in [0, 0.1) is 0 Å². The molecule has 226 valence electrons. The van der Waals surface area contributed by atoms with E-state index in [0.717, 1.165) is 51.1 Å². The summed E-state index contributed by atoms with van der Waals surface area (Å²) >= 11 is 0. The van der Waals surface area contributed by atoms with Gasteiger partial charge in [-0.1, -0.05) is 39.0 Å². The SMILES string of the molecule is CN1CN(c2ccnc(Oc3ccc4c5cc(-c6ccncc6)ccc5n(-c5cc(C(C)(C)C)ccn5)c4c3)c2)c2ccccc21. The molecule has 1 aliphatic rings. The lowest BCUT2D eigenvalue weighted by atomic mass is 9.88. The summed E-state index contributed by atoms with van der Waals surface area (Å²) in [5.74, 6) is 2.12. The Morgan fingerprint density at radius 3 is 2.30 bits per heavy atom. The van der Waals surface area contributed by atoms with Gasteiger partial charge in [0.25, 0.3) is 0 Å². The zero-order valence-corrected chi connectivity index (χ0v) is 26.3. The first-order valence-electron chi connectivity index (χ1n) is 15.5. The second-order valence-corrected chi connectivity index (χ2v) is 12.8. The predicted octanol–water partition coefficient (Wildman–Crippen LogP) is 9.27. The van der Waals surface area contributed by atoms with Crippen LogP contribution in [0.4, 0.5) is 17.1 Å². The lowest BCUT2D eigenvalue weighted by Gasteiger charge is -2.20. The molecule has 0 amide bonds. The Morgan fingerprint density at radius 1 is 0.674 bits per heavy atom. The van der Waals surface area contributed by atoms with Crippen molar-refractivity contribution in [3.63, 3.8) is 0 Å². The van der Waals surface area contributed by atoms with Crippen molar-refractivity contribution in [3.8, 4) is 28.6 Å². The third kappa shape index (κ3) is 4.81. The number of aromatic nitrogens is 4. The van der Waals surface area contributed by atoms with E-state index < -0.39 is 0 Å². The van der Waals surface area contributed by atoms with Crippen molar-refractivity contribution in [1.82, 2.24) is 19.5 Å². The normalized spacial score (nSPS) is 13.0. The van der Waals surface area contributed by atoms with Crippen molar-refractivity contribution in [2.45, 2.75) is 26.2 Å². The highest BCUT2D eigenvalue weighted by molar-refractivity contribution is 6.10. The van der Waals surface area contributed by atoms with Gasteiger partial charge in [-0.2, -0.15) is 0 Å². The molecule has 0 bridgehead atoms. The highest BCUT2D eigenvalue weighted by atomic mass is 16.5. The standard InChI is InChI=1S/C39H34N6O/c1-39(2,3)28-15-19-41-37(22-28)45-33-12-9-27(26-13-17-40-18-14-26)21-32(33)31-11-10-30(24-36(31)45)46-38-23-29(16-20-42-38)44-25-43(4)34-7-5-6-8-35(34)44/h5-24H,25H2,1-4H3. The van der Waals surface area contributed by atoms with Gasteiger partial charge in [-0.25, -0.2) is 9.97 Å². The zero-order valence-electron chi connectivity index (χ0n) is 26.3. The maximum atomic E-state index is 6.47. The lowest BCUT2D eigenvalue weighted by molar-refractivity contribution is 0.463. The van der Waals surface area contributed by atoms with Gasteiger partial charge in [0.15, 0.2) is 0 Å². The molecule has 8 rings (SSSR count). The molecular weight excluding hydrogens is 568 g/mol. The van der Waals surface area contributed by atoms with Crippen LogP contribution in [0.3, 0.4) is 0 Å².